The lowest BCUT2D eigenvalue weighted by atomic mass is 10.1. The molecule has 13 heavy (non-hydrogen) atoms. The molecule has 1 unspecified atom stereocenters. The summed E-state index contributed by atoms with van der Waals surface area (Å²) in [5, 5.41) is 2.24. The molecule has 0 spiro atoms. The van der Waals surface area contributed by atoms with Crippen LogP contribution < -0.4 is 11.1 Å². The first-order valence-electron chi connectivity index (χ1n) is 3.65. The third kappa shape index (κ3) is 1.08. The average Bonchev–Trinajstić information content (AvgIpc) is 2.32. The van der Waals surface area contributed by atoms with Crippen LogP contribution in [0.3, 0.4) is 0 Å². The van der Waals surface area contributed by atoms with Gasteiger partial charge in [0.15, 0.2) is 0 Å². The van der Waals surface area contributed by atoms with Gasteiger partial charge in [0, 0.05) is 11.6 Å². The van der Waals surface area contributed by atoms with Crippen molar-refractivity contribution in [1.29, 1.82) is 0 Å². The molecule has 0 aliphatic carbocycles. The molecule has 68 valence electrons. The number of carbonyl (C=O) groups is 1. The van der Waals surface area contributed by atoms with Crippen molar-refractivity contribution in [2.75, 3.05) is 5.32 Å². The maximum Gasteiger partial charge on any atom is 0.246 e. The van der Waals surface area contributed by atoms with Crippen LogP contribution in [-0.4, -0.2) is 5.91 Å². The van der Waals surface area contributed by atoms with E-state index in [2.05, 4.69) is 5.32 Å². The van der Waals surface area contributed by atoms with Crippen molar-refractivity contribution in [1.82, 2.24) is 0 Å². The smallest absolute Gasteiger partial charge is 0.246 e. The van der Waals surface area contributed by atoms with Gasteiger partial charge in [0.25, 0.3) is 0 Å². The Bertz CT molecular complexity index is 392. The van der Waals surface area contributed by atoms with Gasteiger partial charge in [-0.3, -0.25) is 4.79 Å². The molecule has 0 radical (unpaired) electrons. The normalized spacial score (nSPS) is 19.9. The van der Waals surface area contributed by atoms with Gasteiger partial charge in [0.05, 0.1) is 5.69 Å². The first-order valence-corrected chi connectivity index (χ1v) is 3.65. The van der Waals surface area contributed by atoms with Gasteiger partial charge in [-0.25, -0.2) is 8.78 Å². The maximum absolute atomic E-state index is 13.0. The first-order chi connectivity index (χ1) is 6.09. The fourth-order valence-electron chi connectivity index (χ4n) is 1.31. The molecule has 1 atom stereocenters. The maximum atomic E-state index is 13.0. The first kappa shape index (κ1) is 8.12. The van der Waals surface area contributed by atoms with Crippen molar-refractivity contribution >= 4 is 11.6 Å². The molecule has 0 bridgehead atoms. The van der Waals surface area contributed by atoms with Crippen molar-refractivity contribution in [2.24, 2.45) is 5.73 Å². The van der Waals surface area contributed by atoms with E-state index >= 15 is 0 Å². The molecule has 1 amide bonds. The molecule has 1 aliphatic heterocycles. The summed E-state index contributed by atoms with van der Waals surface area (Å²) in [6.45, 7) is 0. The minimum absolute atomic E-state index is 0.0149. The number of fused-ring (bicyclic) bond motifs is 1. The molecule has 0 fully saturated rings. The Morgan fingerprint density at radius 3 is 2.77 bits per heavy atom. The van der Waals surface area contributed by atoms with E-state index in [1.165, 1.54) is 0 Å². The second-order valence-corrected chi connectivity index (χ2v) is 2.82. The Balaban J connectivity index is 2.63. The minimum atomic E-state index is -0.972. The van der Waals surface area contributed by atoms with Gasteiger partial charge in [-0.1, -0.05) is 0 Å². The lowest BCUT2D eigenvalue weighted by Crippen LogP contribution is -2.19. The number of nitrogens with two attached hydrogens (primary N) is 1. The Labute approximate surface area is 72.5 Å². The van der Waals surface area contributed by atoms with Gasteiger partial charge >= 0.3 is 0 Å². The van der Waals surface area contributed by atoms with Crippen LogP contribution >= 0.6 is 0 Å². The van der Waals surface area contributed by atoms with Crippen LogP contribution in [0.2, 0.25) is 0 Å². The van der Waals surface area contributed by atoms with Gasteiger partial charge in [0.2, 0.25) is 5.91 Å². The molecule has 5 heteroatoms. The fourth-order valence-corrected chi connectivity index (χ4v) is 1.31. The predicted molar refractivity (Wildman–Crippen MR) is 41.9 cm³/mol. The average molecular weight is 184 g/mol. The number of rotatable bonds is 0. The molecule has 1 aromatic carbocycles. The van der Waals surface area contributed by atoms with Crippen LogP contribution in [0.4, 0.5) is 14.5 Å². The van der Waals surface area contributed by atoms with E-state index in [0.29, 0.717) is 6.07 Å². The van der Waals surface area contributed by atoms with Gasteiger partial charge in [0.1, 0.15) is 17.7 Å². The highest BCUT2D eigenvalue weighted by Gasteiger charge is 2.30. The Morgan fingerprint density at radius 1 is 1.38 bits per heavy atom. The third-order valence-electron chi connectivity index (χ3n) is 1.95. The number of anilines is 1. The van der Waals surface area contributed by atoms with Crippen LogP contribution in [0.1, 0.15) is 11.6 Å². The molecule has 1 aromatic rings. The minimum Gasteiger partial charge on any atom is -0.322 e. The summed E-state index contributed by atoms with van der Waals surface area (Å²) >= 11 is 0. The summed E-state index contributed by atoms with van der Waals surface area (Å²) in [5.74, 6) is -2.04. The molecule has 3 N–H and O–H groups in total. The Hall–Kier alpha value is -1.49. The highest BCUT2D eigenvalue weighted by atomic mass is 19.1. The Kier molecular flexibility index (Phi) is 1.56. The molecular formula is C8H6F2N2O. The zero-order chi connectivity index (χ0) is 9.59. The van der Waals surface area contributed by atoms with Gasteiger partial charge in [-0.2, -0.15) is 0 Å². The largest absolute Gasteiger partial charge is 0.322 e. The van der Waals surface area contributed by atoms with Crippen LogP contribution in [0.5, 0.6) is 0 Å². The highest BCUT2D eigenvalue weighted by Crippen LogP contribution is 2.32. The lowest BCUT2D eigenvalue weighted by Gasteiger charge is -2.01. The van der Waals surface area contributed by atoms with E-state index < -0.39 is 23.6 Å². The number of hydrogen-bond acceptors (Lipinski definition) is 2. The lowest BCUT2D eigenvalue weighted by molar-refractivity contribution is -0.116. The second-order valence-electron chi connectivity index (χ2n) is 2.82. The van der Waals surface area contributed by atoms with E-state index in [-0.39, 0.29) is 11.3 Å². The molecular weight excluding hydrogens is 178 g/mol. The fraction of sp³-hybridized carbons (Fsp3) is 0.125. The van der Waals surface area contributed by atoms with E-state index in [0.717, 1.165) is 6.07 Å². The van der Waals surface area contributed by atoms with E-state index in [1.807, 2.05) is 0 Å². The summed E-state index contributed by atoms with van der Waals surface area (Å²) in [6, 6.07) is 0.790. The molecule has 0 saturated heterocycles. The van der Waals surface area contributed by atoms with Crippen molar-refractivity contribution in [3.8, 4) is 0 Å². The summed E-state index contributed by atoms with van der Waals surface area (Å²) in [6.07, 6.45) is 0. The van der Waals surface area contributed by atoms with Gasteiger partial charge < -0.3 is 11.1 Å². The van der Waals surface area contributed by atoms with E-state index in [9.17, 15) is 13.6 Å². The van der Waals surface area contributed by atoms with Crippen molar-refractivity contribution in [2.45, 2.75) is 6.04 Å². The zero-order valence-corrected chi connectivity index (χ0v) is 6.47. The van der Waals surface area contributed by atoms with Gasteiger partial charge in [-0.05, 0) is 6.07 Å². The number of carbonyl (C=O) groups excluding carboxylic acids is 1. The molecule has 3 nitrogen and oxygen atoms in total. The molecule has 1 heterocycles. The molecule has 0 saturated carbocycles. The number of benzene rings is 1. The summed E-state index contributed by atoms with van der Waals surface area (Å²) in [5.41, 5.74) is 5.54. The number of hydrogen-bond donors (Lipinski definition) is 2. The zero-order valence-electron chi connectivity index (χ0n) is 6.47. The third-order valence-corrected chi connectivity index (χ3v) is 1.95. The van der Waals surface area contributed by atoms with Crippen LogP contribution in [0.25, 0.3) is 0 Å². The number of halogens is 2. The second kappa shape index (κ2) is 2.50. The van der Waals surface area contributed by atoms with Crippen LogP contribution in [0, 0.1) is 11.6 Å². The molecule has 2 rings (SSSR count). The standard InChI is InChI=1S/C8H6F2N2O/c9-3-1-4-6(11)8(13)12-7(4)5(10)2-3/h1-2,6H,11H2,(H,12,13). The van der Waals surface area contributed by atoms with E-state index in [1.54, 1.807) is 0 Å². The van der Waals surface area contributed by atoms with Gasteiger partial charge in [-0.15, -0.1) is 0 Å². The predicted octanol–water partition coefficient (Wildman–Crippen LogP) is 0.917. The molecule has 1 aliphatic rings. The molecule has 0 aromatic heterocycles. The summed E-state index contributed by atoms with van der Waals surface area (Å²) in [4.78, 5) is 11.0. The summed E-state index contributed by atoms with van der Waals surface area (Å²) < 4.78 is 25.7. The van der Waals surface area contributed by atoms with Crippen LogP contribution in [0.15, 0.2) is 12.1 Å². The van der Waals surface area contributed by atoms with E-state index in [4.69, 9.17) is 5.73 Å². The van der Waals surface area contributed by atoms with Crippen molar-refractivity contribution < 1.29 is 13.6 Å². The monoisotopic (exact) mass is 184 g/mol. The SMILES string of the molecule is NC1C(=O)Nc2c(F)cc(F)cc21. The summed E-state index contributed by atoms with van der Waals surface area (Å²) in [7, 11) is 0. The van der Waals surface area contributed by atoms with Crippen molar-refractivity contribution in [3.05, 3.63) is 29.3 Å². The Morgan fingerprint density at radius 2 is 2.08 bits per heavy atom. The van der Waals surface area contributed by atoms with Crippen LogP contribution in [-0.2, 0) is 4.79 Å². The number of amides is 1. The number of nitrogens with one attached hydrogen (secondary N) is 1. The quantitative estimate of drug-likeness (QED) is 0.629. The topological polar surface area (TPSA) is 55.1 Å². The van der Waals surface area contributed by atoms with Crippen molar-refractivity contribution in [3.63, 3.8) is 0 Å². The highest BCUT2D eigenvalue weighted by molar-refractivity contribution is 6.02.